The van der Waals surface area contributed by atoms with Gasteiger partial charge in [0.05, 0.1) is 27.7 Å². The summed E-state index contributed by atoms with van der Waals surface area (Å²) in [4.78, 5) is 34.2. The summed E-state index contributed by atoms with van der Waals surface area (Å²) in [6.07, 6.45) is 26.0. The van der Waals surface area contributed by atoms with Crippen LogP contribution in [0.5, 0.6) is 0 Å². The zero-order valence-electron chi connectivity index (χ0n) is 29.9. The Balaban J connectivity index is 3.95. The third kappa shape index (κ3) is 32.7. The van der Waals surface area contributed by atoms with E-state index >= 15 is 0 Å². The summed E-state index contributed by atoms with van der Waals surface area (Å²) in [5.74, 6) is -0.852. The number of rotatable bonds is 33. The van der Waals surface area contributed by atoms with Gasteiger partial charge >= 0.3 is 19.8 Å². The highest BCUT2D eigenvalue weighted by atomic mass is 31.2. The van der Waals surface area contributed by atoms with E-state index in [1.54, 1.807) is 0 Å². The highest BCUT2D eigenvalue weighted by molar-refractivity contribution is 7.47. The second-order valence-electron chi connectivity index (χ2n) is 13.6. The second-order valence-corrected chi connectivity index (χ2v) is 15.1. The maximum atomic E-state index is 12.4. The molecule has 0 saturated carbocycles. The number of quaternary nitrogens is 1. The van der Waals surface area contributed by atoms with Crippen LogP contribution >= 0.6 is 7.82 Å². The SMILES string of the molecule is CCCCCCCCCCCCCCCCCCCCCCC(=O)OC(COC(=O)CCC)COP(=O)(O)OCC[N+](C)(C)C. The van der Waals surface area contributed by atoms with Crippen molar-refractivity contribution in [2.75, 3.05) is 47.5 Å². The molecule has 0 heterocycles. The molecule has 0 amide bonds. The van der Waals surface area contributed by atoms with Crippen molar-refractivity contribution in [3.8, 4) is 0 Å². The summed E-state index contributed by atoms with van der Waals surface area (Å²) in [5, 5.41) is 0. The van der Waals surface area contributed by atoms with Crippen LogP contribution in [0.4, 0.5) is 0 Å². The number of unbranched alkanes of at least 4 members (excludes halogenated alkanes) is 19. The van der Waals surface area contributed by atoms with Gasteiger partial charge in [0.25, 0.3) is 0 Å². The second kappa shape index (κ2) is 29.2. The molecule has 2 atom stereocenters. The molecule has 0 aliphatic heterocycles. The molecule has 0 aromatic carbocycles. The minimum Gasteiger partial charge on any atom is -0.462 e. The number of nitrogens with zero attached hydrogens (tertiary/aromatic N) is 1. The highest BCUT2D eigenvalue weighted by Gasteiger charge is 2.27. The molecule has 9 nitrogen and oxygen atoms in total. The Hall–Kier alpha value is -0.990. The van der Waals surface area contributed by atoms with E-state index in [0.29, 0.717) is 23.9 Å². The van der Waals surface area contributed by atoms with Gasteiger partial charge in [-0.2, -0.15) is 0 Å². The number of carbonyl (C=O) groups is 2. The standard InChI is InChI=1S/C35H70NO8P/c1-6-8-9-10-11-12-13-14-15-16-17-18-19-20-21-22-23-24-25-26-28-35(38)44-33(31-41-34(37)27-7-2)32-43-45(39,40)42-30-29-36(3,4)5/h33H,6-32H2,1-5H3/p+1. The molecule has 0 spiro atoms. The fraction of sp³-hybridized carbons (Fsp3) is 0.943. The molecule has 2 unspecified atom stereocenters. The molecule has 1 N–H and O–H groups in total. The first-order chi connectivity index (χ1) is 21.5. The number of carbonyl (C=O) groups excluding carboxylic acids is 2. The predicted molar refractivity (Wildman–Crippen MR) is 183 cm³/mol. The summed E-state index contributed by atoms with van der Waals surface area (Å²) in [7, 11) is 1.48. The average Bonchev–Trinajstić information content (AvgIpc) is 2.97. The Morgan fingerprint density at radius 3 is 1.47 bits per heavy atom. The summed E-state index contributed by atoms with van der Waals surface area (Å²) < 4.78 is 33.5. The Morgan fingerprint density at radius 1 is 0.600 bits per heavy atom. The first kappa shape index (κ1) is 44.0. The monoisotopic (exact) mass is 664 g/mol. The lowest BCUT2D eigenvalue weighted by atomic mass is 10.0. The van der Waals surface area contributed by atoms with Gasteiger partial charge in [0, 0.05) is 12.8 Å². The van der Waals surface area contributed by atoms with Crippen molar-refractivity contribution in [1.29, 1.82) is 0 Å². The molecule has 268 valence electrons. The lowest BCUT2D eigenvalue weighted by Crippen LogP contribution is -2.37. The highest BCUT2D eigenvalue weighted by Crippen LogP contribution is 2.43. The third-order valence-electron chi connectivity index (χ3n) is 7.86. The van der Waals surface area contributed by atoms with Gasteiger partial charge in [-0.15, -0.1) is 0 Å². The van der Waals surface area contributed by atoms with E-state index in [4.69, 9.17) is 18.5 Å². The van der Waals surface area contributed by atoms with Gasteiger partial charge in [0.2, 0.25) is 0 Å². The van der Waals surface area contributed by atoms with Gasteiger partial charge in [0.15, 0.2) is 6.10 Å². The molecular formula is C35H71NO8P+. The number of esters is 2. The first-order valence-electron chi connectivity index (χ1n) is 18.3. The molecule has 0 fully saturated rings. The Morgan fingerprint density at radius 2 is 1.04 bits per heavy atom. The van der Waals surface area contributed by atoms with E-state index in [-0.39, 0.29) is 26.1 Å². The number of hydrogen-bond donors (Lipinski definition) is 1. The minimum absolute atomic E-state index is 0.0344. The van der Waals surface area contributed by atoms with Crippen LogP contribution in [0.1, 0.15) is 162 Å². The fourth-order valence-corrected chi connectivity index (χ4v) is 5.73. The van der Waals surface area contributed by atoms with Crippen LogP contribution in [0.15, 0.2) is 0 Å². The summed E-state index contributed by atoms with van der Waals surface area (Å²) in [6, 6.07) is 0. The third-order valence-corrected chi connectivity index (χ3v) is 8.84. The molecule has 10 heteroatoms. The van der Waals surface area contributed by atoms with Crippen LogP contribution in [0.3, 0.4) is 0 Å². The van der Waals surface area contributed by atoms with Crippen LogP contribution in [-0.2, 0) is 32.7 Å². The van der Waals surface area contributed by atoms with E-state index in [2.05, 4.69) is 6.92 Å². The predicted octanol–water partition coefficient (Wildman–Crippen LogP) is 9.29. The van der Waals surface area contributed by atoms with E-state index < -0.39 is 32.5 Å². The molecule has 0 aromatic heterocycles. The fourth-order valence-electron chi connectivity index (χ4n) is 4.99. The molecule has 0 radical (unpaired) electrons. The number of likely N-dealkylation sites (N-methyl/N-ethyl adjacent to an activating group) is 1. The van der Waals surface area contributed by atoms with Gasteiger partial charge < -0.3 is 18.9 Å². The van der Waals surface area contributed by atoms with Crippen molar-refractivity contribution in [1.82, 2.24) is 0 Å². The molecule has 45 heavy (non-hydrogen) atoms. The molecule has 0 aliphatic carbocycles. The number of phosphoric acid groups is 1. The number of phosphoric ester groups is 1. The van der Waals surface area contributed by atoms with E-state index in [1.165, 1.54) is 109 Å². The summed E-state index contributed by atoms with van der Waals surface area (Å²) in [6.45, 7) is 4.05. The smallest absolute Gasteiger partial charge is 0.462 e. The maximum Gasteiger partial charge on any atom is 0.472 e. The van der Waals surface area contributed by atoms with Crippen LogP contribution in [0.2, 0.25) is 0 Å². The Bertz CT molecular complexity index is 758. The lowest BCUT2D eigenvalue weighted by Gasteiger charge is -2.24. The molecule has 0 aromatic rings. The zero-order chi connectivity index (χ0) is 33.7. The molecule has 0 saturated heterocycles. The normalized spacial score (nSPS) is 13.8. The largest absolute Gasteiger partial charge is 0.472 e. The van der Waals surface area contributed by atoms with Crippen molar-refractivity contribution in [2.45, 2.75) is 168 Å². The van der Waals surface area contributed by atoms with E-state index in [0.717, 1.165) is 12.8 Å². The van der Waals surface area contributed by atoms with Gasteiger partial charge in [0.1, 0.15) is 19.8 Å². The van der Waals surface area contributed by atoms with Crippen molar-refractivity contribution < 1.29 is 42.1 Å². The number of ether oxygens (including phenoxy) is 2. The quantitative estimate of drug-likeness (QED) is 0.0320. The topological polar surface area (TPSA) is 108 Å². The average molecular weight is 665 g/mol. The van der Waals surface area contributed by atoms with Crippen LogP contribution in [-0.4, -0.2) is 74.9 Å². The first-order valence-corrected chi connectivity index (χ1v) is 19.8. The molecule has 0 aliphatic rings. The van der Waals surface area contributed by atoms with E-state index in [9.17, 15) is 19.0 Å². The van der Waals surface area contributed by atoms with Crippen molar-refractivity contribution in [2.24, 2.45) is 0 Å². The van der Waals surface area contributed by atoms with Crippen molar-refractivity contribution in [3.63, 3.8) is 0 Å². The van der Waals surface area contributed by atoms with Crippen LogP contribution in [0.25, 0.3) is 0 Å². The maximum absolute atomic E-state index is 12.4. The minimum atomic E-state index is -4.34. The van der Waals surface area contributed by atoms with Gasteiger partial charge in [-0.05, 0) is 12.8 Å². The molecular weight excluding hydrogens is 593 g/mol. The van der Waals surface area contributed by atoms with Crippen molar-refractivity contribution in [3.05, 3.63) is 0 Å². The zero-order valence-corrected chi connectivity index (χ0v) is 30.8. The van der Waals surface area contributed by atoms with Crippen molar-refractivity contribution >= 4 is 19.8 Å². The molecule has 0 bridgehead atoms. The Labute approximate surface area is 276 Å². The van der Waals surface area contributed by atoms with Gasteiger partial charge in [-0.25, -0.2) is 4.57 Å². The summed E-state index contributed by atoms with van der Waals surface area (Å²) >= 11 is 0. The number of hydrogen-bond acceptors (Lipinski definition) is 7. The van der Waals surface area contributed by atoms with Gasteiger partial charge in [-0.1, -0.05) is 136 Å². The van der Waals surface area contributed by atoms with Gasteiger partial charge in [-0.3, -0.25) is 18.6 Å². The van der Waals surface area contributed by atoms with Crippen LogP contribution < -0.4 is 0 Å². The molecule has 0 rings (SSSR count). The van der Waals surface area contributed by atoms with Crippen LogP contribution in [0, 0.1) is 0 Å². The summed E-state index contributed by atoms with van der Waals surface area (Å²) in [5.41, 5.74) is 0. The lowest BCUT2D eigenvalue weighted by molar-refractivity contribution is -0.870. The van der Waals surface area contributed by atoms with E-state index in [1.807, 2.05) is 28.1 Å². The Kier molecular flexibility index (Phi) is 28.5.